The number of nitrogens with zero attached hydrogens (tertiary/aromatic N) is 1. The van der Waals surface area contributed by atoms with Crippen molar-refractivity contribution in [3.05, 3.63) is 0 Å². The molecule has 134 valence electrons. The fourth-order valence-electron chi connectivity index (χ4n) is 3.65. The Balaban J connectivity index is 2.06. The largest absolute Gasteiger partial charge is 0.469 e. The summed E-state index contributed by atoms with van der Waals surface area (Å²) in [6.07, 6.45) is -3.57. The van der Waals surface area contributed by atoms with Gasteiger partial charge in [-0.05, 0) is 40.5 Å². The Morgan fingerprint density at radius 2 is 1.70 bits per heavy atom. The van der Waals surface area contributed by atoms with Gasteiger partial charge in [0.2, 0.25) is 5.90 Å². The fraction of sp³-hybridized carbons (Fsp3) is 0.933. The molecule has 2 aliphatic rings. The molecule has 2 fully saturated rings. The number of aliphatic hydroxyl groups excluding tert-OH is 4. The highest BCUT2D eigenvalue weighted by Crippen LogP contribution is 2.28. The van der Waals surface area contributed by atoms with Crippen LogP contribution in [0.15, 0.2) is 5.10 Å². The van der Waals surface area contributed by atoms with Crippen LogP contribution in [0.3, 0.4) is 0 Å². The van der Waals surface area contributed by atoms with Crippen molar-refractivity contribution < 1.29 is 25.2 Å². The first-order valence-corrected chi connectivity index (χ1v) is 7.99. The molecule has 0 aromatic heterocycles. The number of hydrazone groups is 1. The van der Waals surface area contributed by atoms with Gasteiger partial charge in [-0.1, -0.05) is 0 Å². The molecule has 0 radical (unpaired) electrons. The normalized spacial score (nSPS) is 39.0. The minimum atomic E-state index is -1.44. The van der Waals surface area contributed by atoms with E-state index in [2.05, 4.69) is 43.5 Å². The van der Waals surface area contributed by atoms with Crippen molar-refractivity contribution in [3.63, 3.8) is 0 Å². The molecule has 0 aromatic carbocycles. The first-order valence-electron chi connectivity index (χ1n) is 7.99. The number of rotatable bonds is 3. The van der Waals surface area contributed by atoms with E-state index in [0.717, 1.165) is 12.8 Å². The number of aliphatic hydroxyl groups is 4. The van der Waals surface area contributed by atoms with Crippen LogP contribution in [0.5, 0.6) is 0 Å². The molecule has 0 bridgehead atoms. The molecular weight excluding hydrogens is 302 g/mol. The van der Waals surface area contributed by atoms with Gasteiger partial charge in [-0.3, -0.25) is 0 Å². The van der Waals surface area contributed by atoms with Crippen molar-refractivity contribution in [2.45, 2.75) is 82.1 Å². The van der Waals surface area contributed by atoms with E-state index in [1.807, 2.05) is 0 Å². The molecule has 4 atom stereocenters. The molecule has 0 saturated carbocycles. The Labute approximate surface area is 136 Å². The maximum Gasteiger partial charge on any atom is 0.238 e. The molecule has 8 nitrogen and oxygen atoms in total. The molecule has 6 N–H and O–H groups in total. The maximum atomic E-state index is 9.96. The second-order valence-electron chi connectivity index (χ2n) is 7.84. The van der Waals surface area contributed by atoms with Crippen LogP contribution < -0.4 is 10.7 Å². The van der Waals surface area contributed by atoms with Crippen molar-refractivity contribution in [2.24, 2.45) is 5.10 Å². The smallest absolute Gasteiger partial charge is 0.238 e. The minimum Gasteiger partial charge on any atom is -0.469 e. The summed E-state index contributed by atoms with van der Waals surface area (Å²) >= 11 is 0. The second-order valence-corrected chi connectivity index (χ2v) is 7.84. The van der Waals surface area contributed by atoms with Crippen LogP contribution in [0.25, 0.3) is 0 Å². The van der Waals surface area contributed by atoms with Gasteiger partial charge in [-0.2, -0.15) is 0 Å². The molecule has 2 rings (SSSR count). The number of hydrogen-bond donors (Lipinski definition) is 6. The maximum absolute atomic E-state index is 9.96. The first-order chi connectivity index (χ1) is 10.5. The fourth-order valence-corrected chi connectivity index (χ4v) is 3.65. The van der Waals surface area contributed by atoms with E-state index in [4.69, 9.17) is 4.74 Å². The lowest BCUT2D eigenvalue weighted by atomic mass is 9.80. The lowest BCUT2D eigenvalue weighted by Gasteiger charge is -2.46. The van der Waals surface area contributed by atoms with Crippen LogP contribution in [0, 0.1) is 0 Å². The Kier molecular flexibility index (Phi) is 5.22. The quantitative estimate of drug-likeness (QED) is 0.354. The zero-order valence-corrected chi connectivity index (χ0v) is 14.2. The van der Waals surface area contributed by atoms with Gasteiger partial charge in [0.05, 0.1) is 6.61 Å². The summed E-state index contributed by atoms with van der Waals surface area (Å²) < 4.78 is 5.29. The zero-order chi connectivity index (χ0) is 17.4. The third kappa shape index (κ3) is 4.33. The van der Waals surface area contributed by atoms with Gasteiger partial charge in [0.15, 0.2) is 12.2 Å². The molecule has 23 heavy (non-hydrogen) atoms. The van der Waals surface area contributed by atoms with Gasteiger partial charge in [-0.15, -0.1) is 5.10 Å². The van der Waals surface area contributed by atoms with Crippen LogP contribution in [0.4, 0.5) is 0 Å². The Morgan fingerprint density at radius 1 is 1.13 bits per heavy atom. The van der Waals surface area contributed by atoms with E-state index in [1.165, 1.54) is 0 Å². The highest BCUT2D eigenvalue weighted by Gasteiger charge is 2.43. The van der Waals surface area contributed by atoms with Gasteiger partial charge >= 0.3 is 0 Å². The molecule has 8 heteroatoms. The molecule has 2 saturated heterocycles. The summed E-state index contributed by atoms with van der Waals surface area (Å²) in [4.78, 5) is 0. The summed E-state index contributed by atoms with van der Waals surface area (Å²) in [5.41, 5.74) is 2.88. The van der Waals surface area contributed by atoms with Crippen LogP contribution in [-0.2, 0) is 4.74 Å². The van der Waals surface area contributed by atoms with Gasteiger partial charge in [0.25, 0.3) is 0 Å². The minimum absolute atomic E-state index is 0.0605. The molecule has 2 aliphatic heterocycles. The predicted molar refractivity (Wildman–Crippen MR) is 84.9 cm³/mol. The molecule has 0 aliphatic carbocycles. The zero-order valence-electron chi connectivity index (χ0n) is 14.2. The topological polar surface area (TPSA) is 127 Å². The molecule has 0 spiro atoms. The molecule has 2 heterocycles. The number of hydrogen-bond acceptors (Lipinski definition) is 8. The number of nitrogens with one attached hydrogen (secondary N) is 2. The highest BCUT2D eigenvalue weighted by molar-refractivity contribution is 5.82. The average molecular weight is 331 g/mol. The van der Waals surface area contributed by atoms with E-state index >= 15 is 0 Å². The van der Waals surface area contributed by atoms with Crippen molar-refractivity contribution in [2.75, 3.05) is 6.61 Å². The van der Waals surface area contributed by atoms with Crippen LogP contribution >= 0.6 is 0 Å². The summed E-state index contributed by atoms with van der Waals surface area (Å²) in [5.74, 6) is -0.115. The first kappa shape index (κ1) is 18.4. The highest BCUT2D eigenvalue weighted by atomic mass is 16.5. The van der Waals surface area contributed by atoms with E-state index in [-0.39, 0.29) is 23.0 Å². The molecular formula is C15H29N3O5. The third-order valence-electron chi connectivity index (χ3n) is 4.31. The molecule has 0 aromatic rings. The SMILES string of the molecule is CC1(C)CC(NN=C2OC(CO)C(O)C(O)C2O)CC(C)(C)N1. The van der Waals surface area contributed by atoms with Crippen molar-refractivity contribution in [1.82, 2.24) is 10.7 Å². The monoisotopic (exact) mass is 331 g/mol. The van der Waals surface area contributed by atoms with Crippen LogP contribution in [0.2, 0.25) is 0 Å². The standard InChI is InChI=1S/C15H29N3O5/c1-14(2)5-8(6-15(3,4)18-14)16-17-13-12(22)11(21)10(20)9(7-19)23-13/h8-12,16,18-22H,5-7H2,1-4H3. The Morgan fingerprint density at radius 3 is 2.22 bits per heavy atom. The van der Waals surface area contributed by atoms with Gasteiger partial charge in [0, 0.05) is 17.1 Å². The number of piperidine rings is 1. The van der Waals surface area contributed by atoms with Gasteiger partial charge < -0.3 is 35.9 Å². The van der Waals surface area contributed by atoms with Crippen LogP contribution in [0.1, 0.15) is 40.5 Å². The lowest BCUT2D eigenvalue weighted by Crippen LogP contribution is -2.61. The van der Waals surface area contributed by atoms with Crippen molar-refractivity contribution in [1.29, 1.82) is 0 Å². The average Bonchev–Trinajstić information content (AvgIpc) is 2.41. The Bertz CT molecular complexity index is 436. The number of ether oxygens (including phenoxy) is 1. The van der Waals surface area contributed by atoms with Gasteiger partial charge in [0.1, 0.15) is 12.2 Å². The van der Waals surface area contributed by atoms with E-state index in [1.54, 1.807) is 0 Å². The summed E-state index contributed by atoms with van der Waals surface area (Å²) in [6.45, 7) is 7.98. The van der Waals surface area contributed by atoms with Crippen molar-refractivity contribution >= 4 is 5.90 Å². The van der Waals surface area contributed by atoms with E-state index in [0.29, 0.717) is 0 Å². The summed E-state index contributed by atoms with van der Waals surface area (Å²) in [6, 6.07) is 0.0705. The summed E-state index contributed by atoms with van der Waals surface area (Å²) in [7, 11) is 0. The molecule has 0 amide bonds. The Hall–Kier alpha value is -0.930. The van der Waals surface area contributed by atoms with E-state index < -0.39 is 31.0 Å². The van der Waals surface area contributed by atoms with Gasteiger partial charge in [-0.25, -0.2) is 0 Å². The summed E-state index contributed by atoms with van der Waals surface area (Å²) in [5, 5.41) is 46.3. The third-order valence-corrected chi connectivity index (χ3v) is 4.31. The van der Waals surface area contributed by atoms with Crippen molar-refractivity contribution in [3.8, 4) is 0 Å². The lowest BCUT2D eigenvalue weighted by molar-refractivity contribution is -0.129. The molecule has 4 unspecified atom stereocenters. The second kappa shape index (κ2) is 6.52. The van der Waals surface area contributed by atoms with E-state index in [9.17, 15) is 20.4 Å². The van der Waals surface area contributed by atoms with Crippen LogP contribution in [-0.4, -0.2) is 74.5 Å². The predicted octanol–water partition coefficient (Wildman–Crippen LogP) is -1.33.